The van der Waals surface area contributed by atoms with Crippen molar-refractivity contribution in [2.45, 2.75) is 37.5 Å². The lowest BCUT2D eigenvalue weighted by Crippen LogP contribution is -2.13. The van der Waals surface area contributed by atoms with Crippen molar-refractivity contribution in [3.63, 3.8) is 0 Å². The van der Waals surface area contributed by atoms with Crippen LogP contribution in [-0.2, 0) is 32.4 Å². The van der Waals surface area contributed by atoms with Crippen LogP contribution in [0.5, 0.6) is 0 Å². The van der Waals surface area contributed by atoms with E-state index in [2.05, 4.69) is 5.16 Å². The van der Waals surface area contributed by atoms with Crippen LogP contribution in [0.3, 0.4) is 0 Å². The third-order valence-corrected chi connectivity index (χ3v) is 5.64. The van der Waals surface area contributed by atoms with Crippen molar-refractivity contribution in [1.29, 1.82) is 0 Å². The van der Waals surface area contributed by atoms with Gasteiger partial charge in [-0.2, -0.15) is 0 Å². The normalized spacial score (nSPS) is 17.5. The van der Waals surface area contributed by atoms with Gasteiger partial charge >= 0.3 is 0 Å². The molecule has 0 radical (unpaired) electrons. The van der Waals surface area contributed by atoms with E-state index >= 15 is 0 Å². The number of carbonyl (C=O) groups excluding carboxylic acids is 1. The van der Waals surface area contributed by atoms with E-state index in [0.29, 0.717) is 5.76 Å². The summed E-state index contributed by atoms with van der Waals surface area (Å²) in [5.74, 6) is -0.214. The van der Waals surface area contributed by atoms with Gasteiger partial charge in [0.2, 0.25) is 0 Å². The fraction of sp³-hybridized carbons (Fsp3) is 0.375. The molecule has 1 heterocycles. The Bertz CT molecular complexity index is 925. The number of aromatic nitrogens is 1. The minimum atomic E-state index is -2.85. The summed E-state index contributed by atoms with van der Waals surface area (Å²) in [6, 6.07) is 2.82. The monoisotopic (exact) mass is 431 g/mol. The standard InChI is InChI=1S/C16H16ClNO7S2/c1-8(25-27(22)23)13-11(5-4-10(14(13)17)7-26(20)21)15(19)12-6-18-24-16(12)9-2-3-9/h4-6,8-9H,2-3,7H2,1H3,(H,20,21)(H,22,23)/p-2. The molecule has 11 heteroatoms. The van der Waals surface area contributed by atoms with E-state index in [-0.39, 0.29) is 38.9 Å². The molecule has 1 fully saturated rings. The quantitative estimate of drug-likeness (QED) is 0.460. The molecule has 1 aromatic carbocycles. The number of rotatable bonds is 8. The van der Waals surface area contributed by atoms with Gasteiger partial charge in [-0.25, -0.2) is 4.21 Å². The van der Waals surface area contributed by atoms with Gasteiger partial charge in [0.25, 0.3) is 0 Å². The molecule has 3 atom stereocenters. The van der Waals surface area contributed by atoms with Crippen molar-refractivity contribution in [3.05, 3.63) is 51.4 Å². The van der Waals surface area contributed by atoms with E-state index in [1.165, 1.54) is 25.3 Å². The van der Waals surface area contributed by atoms with Gasteiger partial charge in [-0.05, 0) is 25.3 Å². The summed E-state index contributed by atoms with van der Waals surface area (Å²) < 4.78 is 53.9. The molecule has 0 amide bonds. The van der Waals surface area contributed by atoms with Gasteiger partial charge < -0.3 is 13.6 Å². The summed E-state index contributed by atoms with van der Waals surface area (Å²) in [6.07, 6.45) is 2.00. The summed E-state index contributed by atoms with van der Waals surface area (Å²) >= 11 is 1.04. The zero-order valence-electron chi connectivity index (χ0n) is 14.0. The van der Waals surface area contributed by atoms with Crippen LogP contribution in [0.1, 0.15) is 64.6 Å². The number of hydrogen-bond donors (Lipinski definition) is 0. The van der Waals surface area contributed by atoms with Gasteiger partial charge in [0.1, 0.15) is 0 Å². The van der Waals surface area contributed by atoms with Crippen molar-refractivity contribution in [2.75, 3.05) is 0 Å². The predicted octanol–water partition coefficient (Wildman–Crippen LogP) is 2.69. The first kappa shape index (κ1) is 20.3. The Morgan fingerprint density at radius 3 is 2.67 bits per heavy atom. The minimum absolute atomic E-state index is 0.0348. The molecule has 0 N–H and O–H groups in total. The van der Waals surface area contributed by atoms with E-state index < -0.39 is 34.3 Å². The van der Waals surface area contributed by atoms with Crippen molar-refractivity contribution in [1.82, 2.24) is 5.16 Å². The summed E-state index contributed by atoms with van der Waals surface area (Å²) in [5, 5.41) is 3.66. The summed E-state index contributed by atoms with van der Waals surface area (Å²) in [4.78, 5) is 13.1. The van der Waals surface area contributed by atoms with Gasteiger partial charge in [0.05, 0.1) is 34.2 Å². The molecule has 0 spiro atoms. The topological polar surface area (TPSA) is 133 Å². The molecule has 1 aliphatic rings. The molecule has 146 valence electrons. The highest BCUT2D eigenvalue weighted by Crippen LogP contribution is 2.43. The Kier molecular flexibility index (Phi) is 6.24. The van der Waals surface area contributed by atoms with Gasteiger partial charge in [-0.15, -0.1) is 0 Å². The molecule has 1 aromatic heterocycles. The molecule has 1 aliphatic carbocycles. The highest BCUT2D eigenvalue weighted by Gasteiger charge is 2.34. The van der Waals surface area contributed by atoms with Crippen molar-refractivity contribution in [3.8, 4) is 0 Å². The summed E-state index contributed by atoms with van der Waals surface area (Å²) in [5.41, 5.74) is 0.696. The second-order valence-corrected chi connectivity index (χ2v) is 7.97. The van der Waals surface area contributed by atoms with E-state index in [4.69, 9.17) is 20.3 Å². The van der Waals surface area contributed by atoms with Gasteiger partial charge in [0, 0.05) is 22.8 Å². The van der Waals surface area contributed by atoms with E-state index in [0.717, 1.165) is 12.8 Å². The zero-order chi connectivity index (χ0) is 19.7. The zero-order valence-corrected chi connectivity index (χ0v) is 16.4. The smallest absolute Gasteiger partial charge is 0.198 e. The van der Waals surface area contributed by atoms with E-state index in [1.807, 2.05) is 0 Å². The third-order valence-electron chi connectivity index (χ3n) is 4.20. The number of hydrogen-bond acceptors (Lipinski definition) is 8. The van der Waals surface area contributed by atoms with Crippen LogP contribution in [0, 0.1) is 0 Å². The van der Waals surface area contributed by atoms with Crippen LogP contribution < -0.4 is 0 Å². The first-order valence-electron chi connectivity index (χ1n) is 7.92. The SMILES string of the molecule is CC(OS(=O)[O-])c1c(C(=O)c2cnoc2C2CC2)ccc(CS(=O)[O-])c1Cl. The molecule has 0 bridgehead atoms. The van der Waals surface area contributed by atoms with E-state index in [1.54, 1.807) is 0 Å². The van der Waals surface area contributed by atoms with Crippen LogP contribution in [-0.4, -0.2) is 28.5 Å². The molecule has 2 aromatic rings. The molecular weight excluding hydrogens is 418 g/mol. The maximum absolute atomic E-state index is 13.1. The van der Waals surface area contributed by atoms with Crippen LogP contribution in [0.2, 0.25) is 5.02 Å². The maximum Gasteiger partial charge on any atom is 0.198 e. The van der Waals surface area contributed by atoms with Crippen LogP contribution in [0.25, 0.3) is 0 Å². The number of halogens is 1. The van der Waals surface area contributed by atoms with Gasteiger partial charge in [-0.1, -0.05) is 40.0 Å². The summed E-state index contributed by atoms with van der Waals surface area (Å²) in [6.45, 7) is 1.40. The Balaban J connectivity index is 2.08. The minimum Gasteiger partial charge on any atom is -0.772 e. The Hall–Kier alpha value is -1.43. The number of nitrogens with zero attached hydrogens (tertiary/aromatic N) is 1. The number of benzene rings is 1. The number of carbonyl (C=O) groups is 1. The Morgan fingerprint density at radius 2 is 2.07 bits per heavy atom. The average molecular weight is 432 g/mol. The molecule has 1 saturated carbocycles. The highest BCUT2D eigenvalue weighted by molar-refractivity contribution is 7.78. The molecule has 0 aliphatic heterocycles. The first-order valence-corrected chi connectivity index (χ1v) is 10.5. The lowest BCUT2D eigenvalue weighted by Gasteiger charge is -2.21. The lowest BCUT2D eigenvalue weighted by molar-refractivity contribution is 0.103. The lowest BCUT2D eigenvalue weighted by atomic mass is 9.93. The highest BCUT2D eigenvalue weighted by atomic mass is 35.5. The second-order valence-electron chi connectivity index (χ2n) is 6.10. The molecular formula is C16H14ClNO7S2-2. The molecule has 3 rings (SSSR count). The largest absolute Gasteiger partial charge is 0.772 e. The average Bonchev–Trinajstić information content (AvgIpc) is 3.31. The molecule has 0 saturated heterocycles. The summed E-state index contributed by atoms with van der Waals surface area (Å²) in [7, 11) is 0. The van der Waals surface area contributed by atoms with E-state index in [9.17, 15) is 22.3 Å². The molecule has 3 unspecified atom stereocenters. The van der Waals surface area contributed by atoms with Crippen LogP contribution in [0.4, 0.5) is 0 Å². The maximum atomic E-state index is 13.1. The van der Waals surface area contributed by atoms with Crippen LogP contribution in [0.15, 0.2) is 22.9 Å². The van der Waals surface area contributed by atoms with Crippen molar-refractivity contribution >= 4 is 39.8 Å². The first-order chi connectivity index (χ1) is 12.8. The van der Waals surface area contributed by atoms with Gasteiger partial charge in [0.15, 0.2) is 11.5 Å². The number of ketones is 1. The predicted molar refractivity (Wildman–Crippen MR) is 94.4 cm³/mol. The fourth-order valence-electron chi connectivity index (χ4n) is 2.84. The fourth-order valence-corrected chi connectivity index (χ4v) is 4.13. The van der Waals surface area contributed by atoms with Gasteiger partial charge in [-0.3, -0.25) is 13.2 Å². The third kappa shape index (κ3) is 4.53. The van der Waals surface area contributed by atoms with Crippen LogP contribution >= 0.6 is 11.6 Å². The molecule has 8 nitrogen and oxygen atoms in total. The van der Waals surface area contributed by atoms with Crippen molar-refractivity contribution in [2.24, 2.45) is 0 Å². The Morgan fingerprint density at radius 1 is 1.37 bits per heavy atom. The van der Waals surface area contributed by atoms with Crippen molar-refractivity contribution < 1.29 is 31.0 Å². The second kappa shape index (κ2) is 8.29. The Labute approximate surface area is 165 Å². The molecule has 27 heavy (non-hydrogen) atoms.